The molecule has 7 nitrogen and oxygen atoms in total. The molecule has 0 saturated carbocycles. The summed E-state index contributed by atoms with van der Waals surface area (Å²) in [6, 6.07) is -0.448. The zero-order valence-electron chi connectivity index (χ0n) is 11.1. The number of fused-ring (bicyclic) bond motifs is 1. The molecule has 2 saturated heterocycles. The van der Waals surface area contributed by atoms with Crippen molar-refractivity contribution >= 4 is 22.8 Å². The summed E-state index contributed by atoms with van der Waals surface area (Å²) in [5.74, 6) is -0.355. The Kier molecular flexibility index (Phi) is 4.34. The predicted octanol–water partition coefficient (Wildman–Crippen LogP) is -1.40. The summed E-state index contributed by atoms with van der Waals surface area (Å²) in [6.45, 7) is 2.52. The van der Waals surface area contributed by atoms with Gasteiger partial charge in [0.2, 0.25) is 0 Å². The van der Waals surface area contributed by atoms with Crippen molar-refractivity contribution in [3.05, 3.63) is 0 Å². The highest BCUT2D eigenvalue weighted by atomic mass is 32.2. The first kappa shape index (κ1) is 14.6. The monoisotopic (exact) mass is 289 g/mol. The highest BCUT2D eigenvalue weighted by Gasteiger charge is 2.51. The van der Waals surface area contributed by atoms with Crippen molar-refractivity contribution in [3.8, 4) is 0 Å². The second-order valence-electron chi connectivity index (χ2n) is 4.71. The summed E-state index contributed by atoms with van der Waals surface area (Å²) >= 11 is 1.33. The van der Waals surface area contributed by atoms with Crippen LogP contribution in [-0.2, 0) is 9.53 Å². The Morgan fingerprint density at radius 2 is 2.16 bits per heavy atom. The molecule has 2 rings (SSSR count). The van der Waals surface area contributed by atoms with Crippen LogP contribution in [0, 0.1) is 0 Å². The number of rotatable bonds is 2. The fourth-order valence-electron chi connectivity index (χ4n) is 2.09. The lowest BCUT2D eigenvalue weighted by atomic mass is 9.97. The van der Waals surface area contributed by atoms with Crippen molar-refractivity contribution in [1.29, 1.82) is 0 Å². The average Bonchev–Trinajstić information content (AvgIpc) is 2.76. The number of aliphatic hydroxyl groups is 2. The number of amidine groups is 1. The SMILES string of the molecule is CCN=C1NC2C(OC(C(=O)N(C)C)C(O)C2O)S1. The van der Waals surface area contributed by atoms with Crippen LogP contribution >= 0.6 is 11.8 Å². The minimum Gasteiger partial charge on any atom is -0.388 e. The maximum absolute atomic E-state index is 11.9. The van der Waals surface area contributed by atoms with Crippen LogP contribution in [0.2, 0.25) is 0 Å². The van der Waals surface area contributed by atoms with Crippen LogP contribution in [0.4, 0.5) is 0 Å². The Labute approximate surface area is 116 Å². The van der Waals surface area contributed by atoms with Crippen molar-refractivity contribution < 1.29 is 19.7 Å². The maximum Gasteiger partial charge on any atom is 0.254 e. The van der Waals surface area contributed by atoms with Crippen LogP contribution in [0.25, 0.3) is 0 Å². The van der Waals surface area contributed by atoms with Crippen molar-refractivity contribution in [3.63, 3.8) is 0 Å². The van der Waals surface area contributed by atoms with Gasteiger partial charge in [0.15, 0.2) is 11.3 Å². The van der Waals surface area contributed by atoms with Crippen LogP contribution in [0.15, 0.2) is 4.99 Å². The van der Waals surface area contributed by atoms with E-state index in [0.29, 0.717) is 11.7 Å². The molecule has 0 radical (unpaired) electrons. The Balaban J connectivity index is 2.15. The fraction of sp³-hybridized carbons (Fsp3) is 0.818. The zero-order valence-corrected chi connectivity index (χ0v) is 11.9. The number of nitrogens with one attached hydrogen (secondary N) is 1. The number of hydrogen-bond acceptors (Lipinski definition) is 6. The van der Waals surface area contributed by atoms with Gasteiger partial charge < -0.3 is 25.2 Å². The van der Waals surface area contributed by atoms with Crippen molar-refractivity contribution in [2.75, 3.05) is 20.6 Å². The Morgan fingerprint density at radius 1 is 1.47 bits per heavy atom. The normalized spacial score (nSPS) is 39.8. The van der Waals surface area contributed by atoms with Crippen LogP contribution in [0.1, 0.15) is 6.92 Å². The van der Waals surface area contributed by atoms with Gasteiger partial charge in [-0.15, -0.1) is 0 Å². The third kappa shape index (κ3) is 2.71. The van der Waals surface area contributed by atoms with Gasteiger partial charge in [0.1, 0.15) is 17.6 Å². The Morgan fingerprint density at radius 3 is 2.74 bits per heavy atom. The molecule has 3 N–H and O–H groups in total. The van der Waals surface area contributed by atoms with Gasteiger partial charge in [-0.25, -0.2) is 0 Å². The van der Waals surface area contributed by atoms with Crippen LogP contribution < -0.4 is 5.32 Å². The summed E-state index contributed by atoms with van der Waals surface area (Å²) in [5.41, 5.74) is -0.419. The van der Waals surface area contributed by atoms with E-state index in [1.807, 2.05) is 6.92 Å². The number of aliphatic imine (C=N–C) groups is 1. The lowest BCUT2D eigenvalue weighted by Gasteiger charge is -2.38. The lowest BCUT2D eigenvalue weighted by Crippen LogP contribution is -2.62. The molecule has 2 heterocycles. The molecule has 2 fully saturated rings. The molecule has 2 aliphatic rings. The van der Waals surface area contributed by atoms with Gasteiger partial charge in [-0.1, -0.05) is 11.8 Å². The molecule has 0 aliphatic carbocycles. The number of aliphatic hydroxyl groups excluding tert-OH is 2. The molecular formula is C11H19N3O4S. The van der Waals surface area contributed by atoms with Crippen LogP contribution in [0.5, 0.6) is 0 Å². The number of likely N-dealkylation sites (N-methyl/N-ethyl adjacent to an activating group) is 1. The number of carbonyl (C=O) groups excluding carboxylic acids is 1. The molecule has 2 aliphatic heterocycles. The second-order valence-corrected chi connectivity index (χ2v) is 5.79. The highest BCUT2D eigenvalue weighted by Crippen LogP contribution is 2.34. The standard InChI is InChI=1S/C11H19N3O4S/c1-4-12-11-13-5-6(15)7(16)8(9(17)14(2)3)18-10(5)19-11/h5-8,10,15-16H,4H2,1-3H3,(H,12,13). The molecule has 1 amide bonds. The summed E-state index contributed by atoms with van der Waals surface area (Å²) < 4.78 is 5.61. The molecule has 0 bridgehead atoms. The number of ether oxygens (including phenoxy) is 1. The topological polar surface area (TPSA) is 94.4 Å². The van der Waals surface area contributed by atoms with E-state index in [1.165, 1.54) is 16.7 Å². The van der Waals surface area contributed by atoms with E-state index in [4.69, 9.17) is 4.74 Å². The lowest BCUT2D eigenvalue weighted by molar-refractivity contribution is -0.179. The van der Waals surface area contributed by atoms with E-state index in [0.717, 1.165) is 0 Å². The minimum absolute atomic E-state index is 0.355. The Bertz CT molecular complexity index is 390. The molecule has 0 aromatic carbocycles. The second kappa shape index (κ2) is 5.66. The molecule has 19 heavy (non-hydrogen) atoms. The number of amides is 1. The molecule has 0 aromatic heterocycles. The van der Waals surface area contributed by atoms with Gasteiger partial charge in [0, 0.05) is 20.6 Å². The van der Waals surface area contributed by atoms with E-state index < -0.39 is 29.8 Å². The molecule has 0 aromatic rings. The molecule has 108 valence electrons. The van der Waals surface area contributed by atoms with E-state index in [1.54, 1.807) is 14.1 Å². The van der Waals surface area contributed by atoms with Crippen molar-refractivity contribution in [2.24, 2.45) is 4.99 Å². The quantitative estimate of drug-likeness (QED) is 0.579. The van der Waals surface area contributed by atoms with Gasteiger partial charge in [0.25, 0.3) is 5.91 Å². The third-order valence-electron chi connectivity index (χ3n) is 3.11. The Hall–Kier alpha value is -0.830. The van der Waals surface area contributed by atoms with E-state index in [2.05, 4.69) is 10.3 Å². The van der Waals surface area contributed by atoms with E-state index >= 15 is 0 Å². The van der Waals surface area contributed by atoms with Crippen molar-refractivity contribution in [2.45, 2.75) is 36.7 Å². The van der Waals surface area contributed by atoms with Crippen LogP contribution in [0.3, 0.4) is 0 Å². The molecule has 0 spiro atoms. The molecule has 5 unspecified atom stereocenters. The first-order valence-electron chi connectivity index (χ1n) is 6.16. The average molecular weight is 289 g/mol. The zero-order chi connectivity index (χ0) is 14.2. The first-order chi connectivity index (χ1) is 8.95. The van der Waals surface area contributed by atoms with E-state index in [9.17, 15) is 15.0 Å². The summed E-state index contributed by atoms with van der Waals surface area (Å²) in [6.07, 6.45) is -3.35. The number of carbonyl (C=O) groups is 1. The molecule has 5 atom stereocenters. The van der Waals surface area contributed by atoms with Gasteiger partial charge in [-0.05, 0) is 6.92 Å². The van der Waals surface area contributed by atoms with Gasteiger partial charge in [-0.3, -0.25) is 9.79 Å². The molecular weight excluding hydrogens is 270 g/mol. The summed E-state index contributed by atoms with van der Waals surface area (Å²) in [7, 11) is 3.17. The summed E-state index contributed by atoms with van der Waals surface area (Å²) in [5, 5.41) is 23.8. The highest BCUT2D eigenvalue weighted by molar-refractivity contribution is 8.14. The fourth-order valence-corrected chi connectivity index (χ4v) is 3.27. The number of nitrogens with zero attached hydrogens (tertiary/aromatic N) is 2. The smallest absolute Gasteiger partial charge is 0.254 e. The number of thioether (sulfide) groups is 1. The van der Waals surface area contributed by atoms with Gasteiger partial charge in [-0.2, -0.15) is 0 Å². The largest absolute Gasteiger partial charge is 0.388 e. The van der Waals surface area contributed by atoms with Gasteiger partial charge >= 0.3 is 0 Å². The summed E-state index contributed by atoms with van der Waals surface area (Å²) in [4.78, 5) is 17.5. The van der Waals surface area contributed by atoms with Crippen molar-refractivity contribution in [1.82, 2.24) is 10.2 Å². The number of hydrogen-bond donors (Lipinski definition) is 3. The third-order valence-corrected chi connectivity index (χ3v) is 4.21. The minimum atomic E-state index is -1.25. The maximum atomic E-state index is 11.9. The molecule has 8 heteroatoms. The van der Waals surface area contributed by atoms with E-state index in [-0.39, 0.29) is 5.91 Å². The predicted molar refractivity (Wildman–Crippen MR) is 71.9 cm³/mol. The first-order valence-corrected chi connectivity index (χ1v) is 7.04. The van der Waals surface area contributed by atoms with Crippen LogP contribution in [-0.4, -0.2) is 76.6 Å². The van der Waals surface area contributed by atoms with Gasteiger partial charge in [0.05, 0.1) is 6.04 Å².